The third-order valence-electron chi connectivity index (χ3n) is 13.8. The molecule has 0 N–H and O–H groups in total. The molecule has 61 heavy (non-hydrogen) atoms. The standard InChI is InChI=1S/C60H42S/c1-3-15-39-33-41(27-25-37(39)13-1)57-45-17-5-9-21-49(45)59(50-22-10-6-18-46(50)57)43-29-31-55-53(35-43)54-36-44(30-32-56(54)61-55)60-51-23-11-7-19-47(51)58(48-20-8-12-24-52(48)60)42-28-26-38-14-2-4-16-40(38)34-42/h1,3-5,7-8,10-13,15-17,19-20,22-36H,2,6,9,14,18,21H2. The molecule has 288 valence electrons. The molecular formula is C60H42S. The van der Waals surface area contributed by atoms with Crippen LogP contribution in [0.15, 0.2) is 164 Å². The van der Waals surface area contributed by atoms with Gasteiger partial charge >= 0.3 is 0 Å². The molecule has 13 rings (SSSR count). The number of aryl methyl sites for hydroxylation is 1. The van der Waals surface area contributed by atoms with Crippen LogP contribution in [0, 0.1) is 0 Å². The van der Waals surface area contributed by atoms with Crippen LogP contribution in [0.1, 0.15) is 52.6 Å². The van der Waals surface area contributed by atoms with Crippen LogP contribution in [0.2, 0.25) is 0 Å². The van der Waals surface area contributed by atoms with Gasteiger partial charge in [0.25, 0.3) is 0 Å². The van der Waals surface area contributed by atoms with Crippen molar-refractivity contribution in [2.24, 2.45) is 0 Å². The molecule has 0 nitrogen and oxygen atoms in total. The quantitative estimate of drug-likeness (QED) is 0.156. The van der Waals surface area contributed by atoms with Crippen molar-refractivity contribution in [3.63, 3.8) is 0 Å². The van der Waals surface area contributed by atoms with Crippen molar-refractivity contribution in [3.05, 3.63) is 197 Å². The number of benzene rings is 9. The summed E-state index contributed by atoms with van der Waals surface area (Å²) in [5.41, 5.74) is 19.3. The van der Waals surface area contributed by atoms with Crippen LogP contribution in [-0.4, -0.2) is 0 Å². The summed E-state index contributed by atoms with van der Waals surface area (Å²) in [6, 6.07) is 55.7. The smallest absolute Gasteiger partial charge is 0.0355 e. The summed E-state index contributed by atoms with van der Waals surface area (Å²) in [5.74, 6) is 0. The Morgan fingerprint density at radius 1 is 0.344 bits per heavy atom. The zero-order chi connectivity index (χ0) is 40.0. The highest BCUT2D eigenvalue weighted by molar-refractivity contribution is 7.25. The molecule has 0 spiro atoms. The molecular weight excluding hydrogens is 753 g/mol. The second-order valence-corrected chi connectivity index (χ2v) is 18.3. The van der Waals surface area contributed by atoms with E-state index in [1.165, 1.54) is 130 Å². The van der Waals surface area contributed by atoms with Crippen LogP contribution in [0.4, 0.5) is 0 Å². The molecule has 0 bridgehead atoms. The SMILES string of the molecule is C1=Cc2cc(-c3c4ccccc4c(-c4ccc5sc6ccc(-c7c8c(c(-c9ccc%10ccccc%10c9)c9c7CCC=C9)CCC=C8)cc6c5c4)c4ccccc34)ccc2CC1. The van der Waals surface area contributed by atoms with Gasteiger partial charge in [0, 0.05) is 20.2 Å². The molecule has 9 aromatic carbocycles. The van der Waals surface area contributed by atoms with Crippen molar-refractivity contribution >= 4 is 82.1 Å². The van der Waals surface area contributed by atoms with E-state index in [0.29, 0.717) is 0 Å². The minimum Gasteiger partial charge on any atom is -0.135 e. The zero-order valence-electron chi connectivity index (χ0n) is 34.0. The lowest BCUT2D eigenvalue weighted by Crippen LogP contribution is -2.09. The summed E-state index contributed by atoms with van der Waals surface area (Å²) in [6.07, 6.45) is 20.8. The molecule has 0 amide bonds. The van der Waals surface area contributed by atoms with E-state index in [1.807, 2.05) is 11.3 Å². The van der Waals surface area contributed by atoms with E-state index in [4.69, 9.17) is 0 Å². The van der Waals surface area contributed by atoms with E-state index >= 15 is 0 Å². The third kappa shape index (κ3) is 5.50. The van der Waals surface area contributed by atoms with Crippen molar-refractivity contribution in [2.75, 3.05) is 0 Å². The Labute approximate surface area is 360 Å². The average molecular weight is 795 g/mol. The van der Waals surface area contributed by atoms with Crippen molar-refractivity contribution in [1.82, 2.24) is 0 Å². The van der Waals surface area contributed by atoms with Gasteiger partial charge in [-0.2, -0.15) is 0 Å². The zero-order valence-corrected chi connectivity index (χ0v) is 34.8. The highest BCUT2D eigenvalue weighted by Gasteiger charge is 2.26. The molecule has 0 fully saturated rings. The lowest BCUT2D eigenvalue weighted by molar-refractivity contribution is 0.958. The van der Waals surface area contributed by atoms with Gasteiger partial charge in [0.15, 0.2) is 0 Å². The number of hydrogen-bond acceptors (Lipinski definition) is 1. The summed E-state index contributed by atoms with van der Waals surface area (Å²) < 4.78 is 2.68. The lowest BCUT2D eigenvalue weighted by Gasteiger charge is -2.28. The summed E-state index contributed by atoms with van der Waals surface area (Å²) in [7, 11) is 0. The van der Waals surface area contributed by atoms with Crippen LogP contribution in [-0.2, 0) is 19.3 Å². The molecule has 3 aliphatic rings. The number of allylic oxidation sites excluding steroid dienone is 3. The Bertz CT molecular complexity index is 3530. The number of fused-ring (bicyclic) bond motifs is 9. The topological polar surface area (TPSA) is 0 Å². The minimum atomic E-state index is 1.05. The average Bonchev–Trinajstić information content (AvgIpc) is 3.69. The fourth-order valence-electron chi connectivity index (χ4n) is 11.1. The fraction of sp³-hybridized carbons (Fsp3) is 0.100. The molecule has 0 saturated heterocycles. The van der Waals surface area contributed by atoms with Gasteiger partial charge in [0.2, 0.25) is 0 Å². The van der Waals surface area contributed by atoms with E-state index in [-0.39, 0.29) is 0 Å². The maximum Gasteiger partial charge on any atom is 0.0355 e. The largest absolute Gasteiger partial charge is 0.135 e. The molecule has 1 heterocycles. The van der Waals surface area contributed by atoms with Gasteiger partial charge in [-0.15, -0.1) is 11.3 Å². The van der Waals surface area contributed by atoms with Gasteiger partial charge in [-0.1, -0.05) is 146 Å². The molecule has 0 radical (unpaired) electrons. The van der Waals surface area contributed by atoms with Gasteiger partial charge < -0.3 is 0 Å². The van der Waals surface area contributed by atoms with E-state index in [0.717, 1.165) is 38.5 Å². The van der Waals surface area contributed by atoms with Crippen LogP contribution < -0.4 is 0 Å². The summed E-state index contributed by atoms with van der Waals surface area (Å²) >= 11 is 1.92. The number of rotatable bonds is 4. The van der Waals surface area contributed by atoms with Crippen molar-refractivity contribution in [1.29, 1.82) is 0 Å². The van der Waals surface area contributed by atoms with Crippen LogP contribution in [0.5, 0.6) is 0 Å². The Hall–Kier alpha value is -6.80. The van der Waals surface area contributed by atoms with Crippen molar-refractivity contribution < 1.29 is 0 Å². The molecule has 3 aliphatic carbocycles. The minimum absolute atomic E-state index is 1.05. The Morgan fingerprint density at radius 2 is 0.820 bits per heavy atom. The van der Waals surface area contributed by atoms with Gasteiger partial charge in [0.1, 0.15) is 0 Å². The number of thiophene rings is 1. The second-order valence-electron chi connectivity index (χ2n) is 17.2. The number of hydrogen-bond donors (Lipinski definition) is 0. The molecule has 0 saturated carbocycles. The predicted molar refractivity (Wildman–Crippen MR) is 266 cm³/mol. The van der Waals surface area contributed by atoms with Crippen LogP contribution in [0.25, 0.3) is 115 Å². The summed E-state index contributed by atoms with van der Waals surface area (Å²) in [4.78, 5) is 0. The van der Waals surface area contributed by atoms with Crippen molar-refractivity contribution in [3.8, 4) is 44.5 Å². The molecule has 1 aromatic heterocycles. The first kappa shape index (κ1) is 35.0. The Morgan fingerprint density at radius 3 is 1.44 bits per heavy atom. The van der Waals surface area contributed by atoms with Crippen LogP contribution in [0.3, 0.4) is 0 Å². The molecule has 0 aliphatic heterocycles. The highest BCUT2D eigenvalue weighted by atomic mass is 32.1. The fourth-order valence-corrected chi connectivity index (χ4v) is 12.1. The predicted octanol–water partition coefficient (Wildman–Crippen LogP) is 17.1. The highest BCUT2D eigenvalue weighted by Crippen LogP contribution is 2.49. The maximum atomic E-state index is 2.52. The van der Waals surface area contributed by atoms with Gasteiger partial charge in [-0.05, 0) is 185 Å². The van der Waals surface area contributed by atoms with Crippen molar-refractivity contribution in [2.45, 2.75) is 38.5 Å². The normalized spacial score (nSPS) is 14.3. The van der Waals surface area contributed by atoms with E-state index in [1.54, 1.807) is 0 Å². The Kier molecular flexibility index (Phi) is 7.96. The molecule has 0 atom stereocenters. The second kappa shape index (κ2) is 13.9. The van der Waals surface area contributed by atoms with Gasteiger partial charge in [-0.25, -0.2) is 0 Å². The van der Waals surface area contributed by atoms with E-state index in [2.05, 4.69) is 182 Å². The molecule has 10 aromatic rings. The third-order valence-corrected chi connectivity index (χ3v) is 15.0. The van der Waals surface area contributed by atoms with Gasteiger partial charge in [-0.3, -0.25) is 0 Å². The Balaban J connectivity index is 1.01. The summed E-state index contributed by atoms with van der Waals surface area (Å²) in [6.45, 7) is 0. The first-order chi connectivity index (χ1) is 30.2. The van der Waals surface area contributed by atoms with Crippen LogP contribution >= 0.6 is 11.3 Å². The maximum absolute atomic E-state index is 2.52. The monoisotopic (exact) mass is 794 g/mol. The first-order valence-corrected chi connectivity index (χ1v) is 22.8. The van der Waals surface area contributed by atoms with E-state index < -0.39 is 0 Å². The summed E-state index contributed by atoms with van der Waals surface area (Å²) in [5, 5.41) is 10.5. The lowest BCUT2D eigenvalue weighted by atomic mass is 9.76. The molecule has 1 heteroatoms. The first-order valence-electron chi connectivity index (χ1n) is 22.0. The van der Waals surface area contributed by atoms with Gasteiger partial charge in [0.05, 0.1) is 0 Å². The molecule has 0 unspecified atom stereocenters. The van der Waals surface area contributed by atoms with E-state index in [9.17, 15) is 0 Å².